The Labute approximate surface area is 240 Å². The van der Waals surface area contributed by atoms with Crippen molar-refractivity contribution in [3.05, 3.63) is 87.4 Å². The molecule has 1 aliphatic rings. The molecule has 3 aromatic carbocycles. The monoisotopic (exact) mass is 607 g/mol. The van der Waals surface area contributed by atoms with E-state index in [1.165, 1.54) is 11.0 Å². The Morgan fingerprint density at radius 2 is 1.82 bits per heavy atom. The number of hydrogen-bond acceptors (Lipinski definition) is 6. The molecule has 200 valence electrons. The number of nitrogens with zero attached hydrogens (tertiary/aromatic N) is 1. The fourth-order valence-corrected chi connectivity index (χ4v) is 4.84. The Kier molecular flexibility index (Phi) is 8.78. The van der Waals surface area contributed by atoms with Gasteiger partial charge in [-0.25, -0.2) is 0 Å². The summed E-state index contributed by atoms with van der Waals surface area (Å²) in [5, 5.41) is 5.43. The van der Waals surface area contributed by atoms with E-state index in [4.69, 9.17) is 21.7 Å². The Morgan fingerprint density at radius 3 is 2.51 bits per heavy atom. The van der Waals surface area contributed by atoms with E-state index in [2.05, 4.69) is 26.6 Å². The average Bonchev–Trinajstić information content (AvgIpc) is 2.88. The highest BCUT2D eigenvalue weighted by Crippen LogP contribution is 2.38. The van der Waals surface area contributed by atoms with E-state index < -0.39 is 11.8 Å². The van der Waals surface area contributed by atoms with Gasteiger partial charge in [0.2, 0.25) is 0 Å². The lowest BCUT2D eigenvalue weighted by molar-refractivity contribution is -0.122. The molecule has 4 rings (SSSR count). The van der Waals surface area contributed by atoms with Gasteiger partial charge in [0.25, 0.3) is 17.7 Å². The third-order valence-electron chi connectivity index (χ3n) is 5.76. The largest absolute Gasteiger partial charge is 0.490 e. The highest BCUT2D eigenvalue weighted by atomic mass is 79.9. The third-order valence-corrected chi connectivity index (χ3v) is 6.64. The van der Waals surface area contributed by atoms with Crippen LogP contribution in [-0.2, 0) is 14.4 Å². The number of nitrogens with one attached hydrogen (secondary N) is 2. The molecule has 1 saturated heterocycles. The van der Waals surface area contributed by atoms with Crippen LogP contribution in [0, 0.1) is 13.8 Å². The van der Waals surface area contributed by atoms with Gasteiger partial charge >= 0.3 is 0 Å². The molecule has 0 aliphatic carbocycles. The molecule has 1 fully saturated rings. The second-order valence-corrected chi connectivity index (χ2v) is 9.95. The predicted octanol–water partition coefficient (Wildman–Crippen LogP) is 5.31. The van der Waals surface area contributed by atoms with Crippen molar-refractivity contribution in [2.75, 3.05) is 23.4 Å². The summed E-state index contributed by atoms with van der Waals surface area (Å²) in [4.78, 5) is 39.8. The van der Waals surface area contributed by atoms with E-state index in [0.717, 1.165) is 11.1 Å². The lowest BCUT2D eigenvalue weighted by atomic mass is 10.1. The second kappa shape index (κ2) is 12.2. The SMILES string of the molecule is CCOc1cc(/C=C2/C(=O)NC(=S)N(c3ccccc3)C2=O)cc(Br)c1OCC(=O)Nc1ccc(C)cc1C. The minimum atomic E-state index is -0.602. The summed E-state index contributed by atoms with van der Waals surface area (Å²) in [5.74, 6) is -0.815. The van der Waals surface area contributed by atoms with Gasteiger partial charge in [-0.3, -0.25) is 24.6 Å². The van der Waals surface area contributed by atoms with Crippen LogP contribution in [0.5, 0.6) is 11.5 Å². The number of ether oxygens (including phenoxy) is 2. The molecule has 3 amide bonds. The van der Waals surface area contributed by atoms with Crippen molar-refractivity contribution in [2.45, 2.75) is 20.8 Å². The third kappa shape index (κ3) is 6.52. The maximum atomic E-state index is 13.3. The maximum absolute atomic E-state index is 13.3. The number of thiocarbonyl (C=S) groups is 1. The van der Waals surface area contributed by atoms with Crippen LogP contribution in [0.25, 0.3) is 6.08 Å². The van der Waals surface area contributed by atoms with Crippen LogP contribution in [0.15, 0.2) is 70.7 Å². The van der Waals surface area contributed by atoms with Gasteiger partial charge < -0.3 is 14.8 Å². The molecular formula is C29H26BrN3O5S. The van der Waals surface area contributed by atoms with E-state index in [1.807, 2.05) is 45.0 Å². The fourth-order valence-electron chi connectivity index (χ4n) is 3.99. The van der Waals surface area contributed by atoms with Crippen molar-refractivity contribution < 1.29 is 23.9 Å². The number of anilines is 2. The first-order valence-corrected chi connectivity index (χ1v) is 13.3. The Hall–Kier alpha value is -4.02. The Balaban J connectivity index is 1.57. The van der Waals surface area contributed by atoms with Crippen LogP contribution in [0.3, 0.4) is 0 Å². The van der Waals surface area contributed by atoms with Crippen LogP contribution >= 0.6 is 28.1 Å². The Morgan fingerprint density at radius 1 is 1.08 bits per heavy atom. The molecule has 0 spiro atoms. The summed E-state index contributed by atoms with van der Waals surface area (Å²) in [5.41, 5.74) is 3.71. The van der Waals surface area contributed by atoms with Crippen LogP contribution in [0.4, 0.5) is 11.4 Å². The molecule has 2 N–H and O–H groups in total. The molecule has 39 heavy (non-hydrogen) atoms. The number of aryl methyl sites for hydroxylation is 2. The fraction of sp³-hybridized carbons (Fsp3) is 0.172. The molecule has 10 heteroatoms. The number of benzene rings is 3. The molecule has 0 unspecified atom stereocenters. The first kappa shape index (κ1) is 28.0. The van der Waals surface area contributed by atoms with Gasteiger partial charge in [0.15, 0.2) is 23.2 Å². The maximum Gasteiger partial charge on any atom is 0.270 e. The number of hydrogen-bond donors (Lipinski definition) is 2. The van der Waals surface area contributed by atoms with E-state index in [0.29, 0.717) is 39.5 Å². The average molecular weight is 609 g/mol. The zero-order valence-corrected chi connectivity index (χ0v) is 23.9. The number of para-hydroxylation sites is 1. The second-order valence-electron chi connectivity index (χ2n) is 8.71. The summed E-state index contributed by atoms with van der Waals surface area (Å²) < 4.78 is 12.1. The van der Waals surface area contributed by atoms with Gasteiger partial charge in [0.05, 0.1) is 16.8 Å². The molecular weight excluding hydrogens is 582 g/mol. The standard InChI is InChI=1S/C29H26BrN3O5S/c1-4-37-24-15-19(13-21-27(35)32-29(39)33(28(21)36)20-8-6-5-7-9-20)14-22(30)26(24)38-16-25(34)31-23-11-10-17(2)12-18(23)3/h5-15H,4,16H2,1-3H3,(H,31,34)(H,32,35,39)/b21-13-. The minimum absolute atomic E-state index is 0.00684. The van der Waals surface area contributed by atoms with Gasteiger partial charge in [0.1, 0.15) is 5.57 Å². The quantitative estimate of drug-likeness (QED) is 0.204. The molecule has 1 heterocycles. The van der Waals surface area contributed by atoms with Crippen molar-refractivity contribution in [1.29, 1.82) is 0 Å². The van der Waals surface area contributed by atoms with Crippen molar-refractivity contribution in [3.63, 3.8) is 0 Å². The molecule has 0 radical (unpaired) electrons. The summed E-state index contributed by atoms with van der Waals surface area (Å²) in [6.07, 6.45) is 1.46. The van der Waals surface area contributed by atoms with Crippen LogP contribution in [0.2, 0.25) is 0 Å². The molecule has 1 aliphatic heterocycles. The zero-order valence-electron chi connectivity index (χ0n) is 21.5. The molecule has 3 aromatic rings. The van der Waals surface area contributed by atoms with Gasteiger partial charge in [0, 0.05) is 5.69 Å². The normalized spacial score (nSPS) is 14.3. The van der Waals surface area contributed by atoms with Crippen molar-refractivity contribution in [1.82, 2.24) is 5.32 Å². The van der Waals surface area contributed by atoms with E-state index in [-0.39, 0.29) is 23.2 Å². The Bertz CT molecular complexity index is 1490. The lowest BCUT2D eigenvalue weighted by Crippen LogP contribution is -2.54. The minimum Gasteiger partial charge on any atom is -0.490 e. The summed E-state index contributed by atoms with van der Waals surface area (Å²) in [6.45, 7) is 5.79. The van der Waals surface area contributed by atoms with Gasteiger partial charge in [-0.05, 0) is 96.5 Å². The molecule has 0 aromatic heterocycles. The van der Waals surface area contributed by atoms with Gasteiger partial charge in [-0.2, -0.15) is 0 Å². The number of halogens is 1. The van der Waals surface area contributed by atoms with Gasteiger partial charge in [-0.15, -0.1) is 0 Å². The number of carbonyl (C=O) groups excluding carboxylic acids is 3. The topological polar surface area (TPSA) is 97.0 Å². The van der Waals surface area contributed by atoms with Gasteiger partial charge in [-0.1, -0.05) is 35.9 Å². The highest BCUT2D eigenvalue weighted by molar-refractivity contribution is 9.10. The summed E-state index contributed by atoms with van der Waals surface area (Å²) in [6, 6.07) is 17.9. The number of carbonyl (C=O) groups is 3. The number of rotatable bonds is 8. The van der Waals surface area contributed by atoms with Crippen LogP contribution in [-0.4, -0.2) is 36.0 Å². The molecule has 8 nitrogen and oxygen atoms in total. The lowest BCUT2D eigenvalue weighted by Gasteiger charge is -2.28. The van der Waals surface area contributed by atoms with Crippen molar-refractivity contribution in [3.8, 4) is 11.5 Å². The first-order valence-electron chi connectivity index (χ1n) is 12.1. The van der Waals surface area contributed by atoms with Crippen molar-refractivity contribution in [2.24, 2.45) is 0 Å². The highest BCUT2D eigenvalue weighted by Gasteiger charge is 2.34. The smallest absolute Gasteiger partial charge is 0.270 e. The van der Waals surface area contributed by atoms with Crippen molar-refractivity contribution >= 4 is 68.4 Å². The first-order chi connectivity index (χ1) is 18.7. The molecule has 0 atom stereocenters. The molecule has 0 bridgehead atoms. The molecule has 0 saturated carbocycles. The van der Waals surface area contributed by atoms with Crippen LogP contribution < -0.4 is 25.0 Å². The van der Waals surface area contributed by atoms with E-state index in [9.17, 15) is 14.4 Å². The summed E-state index contributed by atoms with van der Waals surface area (Å²) >= 11 is 8.72. The van der Waals surface area contributed by atoms with E-state index >= 15 is 0 Å². The zero-order chi connectivity index (χ0) is 28.1. The number of amides is 3. The van der Waals surface area contributed by atoms with Crippen LogP contribution in [0.1, 0.15) is 23.6 Å². The predicted molar refractivity (Wildman–Crippen MR) is 158 cm³/mol. The summed E-state index contributed by atoms with van der Waals surface area (Å²) in [7, 11) is 0. The van der Waals surface area contributed by atoms with E-state index in [1.54, 1.807) is 36.4 Å².